The molecule has 1 aliphatic rings. The summed E-state index contributed by atoms with van der Waals surface area (Å²) in [5, 5.41) is 4.14. The smallest absolute Gasteiger partial charge is 0.296 e. The highest BCUT2D eigenvalue weighted by Crippen LogP contribution is 2.36. The number of aryl methyl sites for hydroxylation is 1. The van der Waals surface area contributed by atoms with E-state index in [9.17, 15) is 39.2 Å². The minimum Gasteiger partial charge on any atom is -0.455 e. The number of fused-ring (bicyclic) bond motifs is 1. The van der Waals surface area contributed by atoms with Gasteiger partial charge in [-0.05, 0) is 73.2 Å². The number of hydrogen-bond donors (Lipinski definition) is 4. The minimum atomic E-state index is -5.20. The predicted molar refractivity (Wildman–Crippen MR) is 171 cm³/mol. The number of halogens is 1. The van der Waals surface area contributed by atoms with Crippen LogP contribution < -0.4 is 14.9 Å². The summed E-state index contributed by atoms with van der Waals surface area (Å²) in [4.78, 5) is 11.7. The Hall–Kier alpha value is -4.58. The van der Waals surface area contributed by atoms with Gasteiger partial charge in [-0.3, -0.25) is 24.0 Å². The van der Waals surface area contributed by atoms with Crippen molar-refractivity contribution in [3.63, 3.8) is 0 Å². The summed E-state index contributed by atoms with van der Waals surface area (Å²) >= 11 is 6.14. The minimum absolute atomic E-state index is 0.0687. The first-order valence-electron chi connectivity index (χ1n) is 12.9. The molecule has 0 heterocycles. The fourth-order valence-corrected chi connectivity index (χ4v) is 6.74. The molecule has 4 aromatic rings. The number of hydrogen-bond acceptors (Lipinski definition) is 10. The number of carbonyl (C=O) groups is 1. The Morgan fingerprint density at radius 2 is 1.46 bits per heavy atom. The molecule has 0 saturated carbocycles. The molecule has 0 radical (unpaired) electrons. The Bertz CT molecular complexity index is 2270. The van der Waals surface area contributed by atoms with E-state index in [1.165, 1.54) is 42.5 Å². The first-order valence-corrected chi connectivity index (χ1v) is 17.6. The van der Waals surface area contributed by atoms with Crippen LogP contribution in [0.2, 0.25) is 5.02 Å². The van der Waals surface area contributed by atoms with Crippen molar-refractivity contribution in [3.05, 3.63) is 112 Å². The second-order valence-electron chi connectivity index (χ2n) is 9.77. The van der Waals surface area contributed by atoms with Crippen molar-refractivity contribution in [3.8, 4) is 11.5 Å². The number of allylic oxidation sites excluding steroid dienone is 1. The van der Waals surface area contributed by atoms with E-state index in [4.69, 9.17) is 16.3 Å². The molecule has 0 bridgehead atoms. The van der Waals surface area contributed by atoms with Gasteiger partial charge in [-0.15, -0.1) is 0 Å². The number of anilines is 2. The summed E-state index contributed by atoms with van der Waals surface area (Å²) in [6, 6.07) is 19.9. The van der Waals surface area contributed by atoms with E-state index in [2.05, 4.69) is 15.2 Å². The topological polar surface area (TPSA) is 206 Å². The number of rotatable bonds is 9. The summed E-state index contributed by atoms with van der Waals surface area (Å²) in [6.45, 7) is 1.72. The van der Waals surface area contributed by atoms with Crippen LogP contribution in [-0.4, -0.2) is 45.9 Å². The van der Waals surface area contributed by atoms with Gasteiger partial charge in [-0.2, -0.15) is 21.9 Å². The van der Waals surface area contributed by atoms with Crippen LogP contribution >= 0.6 is 11.6 Å². The van der Waals surface area contributed by atoms with Crippen molar-refractivity contribution in [2.75, 3.05) is 10.1 Å². The highest BCUT2D eigenvalue weighted by Gasteiger charge is 2.36. The first-order chi connectivity index (χ1) is 21.5. The van der Waals surface area contributed by atoms with E-state index < -0.39 is 68.4 Å². The summed E-state index contributed by atoms with van der Waals surface area (Å²) in [7, 11) is -14.7. The van der Waals surface area contributed by atoms with Crippen molar-refractivity contribution in [2.45, 2.75) is 16.7 Å². The Balaban J connectivity index is 1.65. The largest absolute Gasteiger partial charge is 0.455 e. The lowest BCUT2D eigenvalue weighted by molar-refractivity contribution is 0.106. The summed E-state index contributed by atoms with van der Waals surface area (Å²) in [5.41, 5.74) is 0.828. The lowest BCUT2D eigenvalue weighted by atomic mass is 9.93. The summed E-state index contributed by atoms with van der Waals surface area (Å²) in [5.74, 6) is -0.652. The molecular formula is C29H22ClN3O10S3. The third kappa shape index (κ3) is 7.12. The van der Waals surface area contributed by atoms with Gasteiger partial charge in [0.2, 0.25) is 5.78 Å². The van der Waals surface area contributed by atoms with Gasteiger partial charge in [0, 0.05) is 5.02 Å². The third-order valence-corrected chi connectivity index (χ3v) is 9.77. The summed E-state index contributed by atoms with van der Waals surface area (Å²) < 4.78 is 103. The second kappa shape index (κ2) is 12.3. The fourth-order valence-electron chi connectivity index (χ4n) is 4.31. The molecule has 13 nitrogen and oxygen atoms in total. The zero-order chi connectivity index (χ0) is 33.4. The van der Waals surface area contributed by atoms with Crippen LogP contribution in [-0.2, 0) is 30.3 Å². The standard InChI is InChI=1S/C29H22ClN3O10S3/c1-17-7-10-21(11-8-17)44(35,36)33-24-16-22(45(37,38)39)13-18-14-26(46(40,41)42)28(29(34)27(18)24)32-31-23-15-19(30)9-12-25(23)43-20-5-3-2-4-6-20/h2-16,31,33H,1H3,(H,37,38,39)(H,40,41,42)/b32-28-. The van der Waals surface area contributed by atoms with Gasteiger partial charge in [0.15, 0.2) is 11.5 Å². The molecule has 0 fully saturated rings. The van der Waals surface area contributed by atoms with E-state index in [0.29, 0.717) is 17.9 Å². The van der Waals surface area contributed by atoms with Crippen LogP contribution in [0.5, 0.6) is 11.5 Å². The average Bonchev–Trinajstić information content (AvgIpc) is 2.97. The number of nitrogens with zero attached hydrogens (tertiary/aromatic N) is 1. The zero-order valence-corrected chi connectivity index (χ0v) is 26.6. The molecule has 4 N–H and O–H groups in total. The SMILES string of the molecule is Cc1ccc(S(=O)(=O)Nc2cc(S(=O)(=O)O)cc3c2C(=O)/C(=N\Nc2cc(Cl)ccc2Oc2ccccc2)C(S(=O)(=O)O)=C3)cc1. The van der Waals surface area contributed by atoms with E-state index in [1.807, 2.05) is 0 Å². The highest BCUT2D eigenvalue weighted by atomic mass is 35.5. The Morgan fingerprint density at radius 1 is 0.783 bits per heavy atom. The molecular weight excluding hydrogens is 682 g/mol. The average molecular weight is 704 g/mol. The molecule has 0 aromatic heterocycles. The Labute approximate surface area is 268 Å². The van der Waals surface area contributed by atoms with Gasteiger partial charge in [0.05, 0.1) is 21.0 Å². The molecule has 46 heavy (non-hydrogen) atoms. The number of sulfonamides is 1. The maximum Gasteiger partial charge on any atom is 0.296 e. The van der Waals surface area contributed by atoms with Crippen LogP contribution in [0.4, 0.5) is 11.4 Å². The number of hydrazone groups is 1. The molecule has 1 aliphatic carbocycles. The molecule has 17 heteroatoms. The number of benzene rings is 4. The number of Topliss-reactive ketones (excluding diaryl/α,β-unsaturated/α-hetero) is 1. The zero-order valence-electron chi connectivity index (χ0n) is 23.4. The van der Waals surface area contributed by atoms with Crippen LogP contribution in [0, 0.1) is 6.92 Å². The first kappa shape index (κ1) is 32.8. The van der Waals surface area contributed by atoms with Gasteiger partial charge in [-0.25, -0.2) is 8.42 Å². The molecule has 0 amide bonds. The Morgan fingerprint density at radius 3 is 2.09 bits per heavy atom. The number of carbonyl (C=O) groups excluding carboxylic acids is 1. The van der Waals surface area contributed by atoms with Crippen molar-refractivity contribution < 1.29 is 43.9 Å². The molecule has 0 saturated heterocycles. The van der Waals surface area contributed by atoms with Gasteiger partial charge in [0.1, 0.15) is 16.3 Å². The van der Waals surface area contributed by atoms with Gasteiger partial charge >= 0.3 is 0 Å². The van der Waals surface area contributed by atoms with Gasteiger partial charge in [-0.1, -0.05) is 47.5 Å². The number of para-hydroxylation sites is 1. The van der Waals surface area contributed by atoms with Gasteiger partial charge < -0.3 is 4.74 Å². The second-order valence-corrected chi connectivity index (χ2v) is 14.7. The number of ketones is 1. The Kier molecular flexibility index (Phi) is 8.78. The maximum absolute atomic E-state index is 13.9. The molecule has 238 valence electrons. The van der Waals surface area contributed by atoms with Crippen molar-refractivity contribution in [2.24, 2.45) is 5.10 Å². The number of ether oxygens (including phenoxy) is 1. The molecule has 5 rings (SSSR count). The van der Waals surface area contributed by atoms with Crippen LogP contribution in [0.15, 0.2) is 105 Å². The molecule has 0 atom stereocenters. The van der Waals surface area contributed by atoms with E-state index in [-0.39, 0.29) is 21.4 Å². The predicted octanol–water partition coefficient (Wildman–Crippen LogP) is 5.38. The van der Waals surface area contributed by atoms with Crippen LogP contribution in [0.1, 0.15) is 21.5 Å². The normalized spacial score (nSPS) is 14.4. The van der Waals surface area contributed by atoms with Crippen molar-refractivity contribution >= 4 is 70.8 Å². The molecule has 4 aromatic carbocycles. The van der Waals surface area contributed by atoms with Crippen LogP contribution in [0.3, 0.4) is 0 Å². The lowest BCUT2D eigenvalue weighted by Gasteiger charge is -2.21. The van der Waals surface area contributed by atoms with E-state index >= 15 is 0 Å². The molecule has 0 unspecified atom stereocenters. The fraction of sp³-hybridized carbons (Fsp3) is 0.0345. The van der Waals surface area contributed by atoms with Crippen molar-refractivity contribution in [1.29, 1.82) is 0 Å². The molecule has 0 spiro atoms. The maximum atomic E-state index is 13.9. The highest BCUT2D eigenvalue weighted by molar-refractivity contribution is 7.92. The quantitative estimate of drug-likeness (QED) is 0.129. The lowest BCUT2D eigenvalue weighted by Crippen LogP contribution is -2.29. The number of nitrogens with one attached hydrogen (secondary N) is 2. The van der Waals surface area contributed by atoms with E-state index in [1.54, 1.807) is 37.3 Å². The van der Waals surface area contributed by atoms with Crippen molar-refractivity contribution in [1.82, 2.24) is 0 Å². The van der Waals surface area contributed by atoms with Crippen LogP contribution in [0.25, 0.3) is 6.08 Å². The van der Waals surface area contributed by atoms with Gasteiger partial charge in [0.25, 0.3) is 30.3 Å². The monoisotopic (exact) mass is 703 g/mol. The third-order valence-electron chi connectivity index (χ3n) is 6.46. The molecule has 0 aliphatic heterocycles. The van der Waals surface area contributed by atoms with E-state index in [0.717, 1.165) is 11.6 Å². The summed E-state index contributed by atoms with van der Waals surface area (Å²) in [6.07, 6.45) is 0.713.